The fourth-order valence-corrected chi connectivity index (χ4v) is 2.96. The van der Waals surface area contributed by atoms with Gasteiger partial charge in [-0.15, -0.1) is 0 Å². The number of carbonyl (C=O) groups excluding carboxylic acids is 2. The zero-order chi connectivity index (χ0) is 13.2. The Labute approximate surface area is 114 Å². The first-order valence-electron chi connectivity index (χ1n) is 6.15. The minimum Gasteiger partial charge on any atom is -0.355 e. The van der Waals surface area contributed by atoms with Crippen molar-refractivity contribution in [3.63, 3.8) is 0 Å². The number of nitrogens with one attached hydrogen (secondary N) is 2. The van der Waals surface area contributed by atoms with Gasteiger partial charge in [-0.25, -0.2) is 4.98 Å². The summed E-state index contributed by atoms with van der Waals surface area (Å²) >= 11 is 1.46. The highest BCUT2D eigenvalue weighted by Crippen LogP contribution is 2.26. The van der Waals surface area contributed by atoms with Gasteiger partial charge in [0.1, 0.15) is 0 Å². The summed E-state index contributed by atoms with van der Waals surface area (Å²) in [4.78, 5) is 27.5. The number of fused-ring (bicyclic) bond motifs is 1. The molecule has 1 saturated heterocycles. The fourth-order valence-electron chi connectivity index (χ4n) is 2.09. The van der Waals surface area contributed by atoms with E-state index in [-0.39, 0.29) is 17.7 Å². The minimum atomic E-state index is -0.162. The number of para-hydroxylation sites is 1. The Bertz CT molecular complexity index is 595. The van der Waals surface area contributed by atoms with E-state index in [2.05, 4.69) is 15.6 Å². The smallest absolute Gasteiger partial charge is 0.231 e. The zero-order valence-electron chi connectivity index (χ0n) is 10.2. The third kappa shape index (κ3) is 2.58. The summed E-state index contributed by atoms with van der Waals surface area (Å²) in [7, 11) is 0. The molecule has 0 aliphatic carbocycles. The Balaban J connectivity index is 1.70. The molecule has 1 atom stereocenters. The van der Waals surface area contributed by atoms with Gasteiger partial charge < -0.3 is 10.6 Å². The van der Waals surface area contributed by atoms with E-state index in [9.17, 15) is 9.59 Å². The highest BCUT2D eigenvalue weighted by Gasteiger charge is 2.25. The Kier molecular flexibility index (Phi) is 3.16. The number of aromatic nitrogens is 1. The molecular weight excluding hydrogens is 262 g/mol. The van der Waals surface area contributed by atoms with Crippen LogP contribution < -0.4 is 10.6 Å². The predicted octanol–water partition coefficient (Wildman–Crippen LogP) is 1.76. The van der Waals surface area contributed by atoms with Gasteiger partial charge in [0.2, 0.25) is 11.8 Å². The number of anilines is 1. The van der Waals surface area contributed by atoms with E-state index in [0.717, 1.165) is 10.2 Å². The van der Waals surface area contributed by atoms with Crippen molar-refractivity contribution in [1.29, 1.82) is 0 Å². The van der Waals surface area contributed by atoms with E-state index < -0.39 is 0 Å². The third-order valence-electron chi connectivity index (χ3n) is 3.16. The van der Waals surface area contributed by atoms with Gasteiger partial charge in [0.05, 0.1) is 16.1 Å². The maximum atomic E-state index is 12.1. The van der Waals surface area contributed by atoms with Crippen LogP contribution >= 0.6 is 11.3 Å². The van der Waals surface area contributed by atoms with E-state index >= 15 is 0 Å². The second-order valence-electron chi connectivity index (χ2n) is 4.52. The number of hydrogen-bond acceptors (Lipinski definition) is 4. The molecule has 0 unspecified atom stereocenters. The average molecular weight is 275 g/mol. The Morgan fingerprint density at radius 1 is 1.42 bits per heavy atom. The van der Waals surface area contributed by atoms with Crippen LogP contribution in [-0.2, 0) is 9.59 Å². The number of benzene rings is 1. The molecule has 0 spiro atoms. The molecule has 0 saturated carbocycles. The number of amides is 2. The lowest BCUT2D eigenvalue weighted by Crippen LogP contribution is -2.40. The van der Waals surface area contributed by atoms with Crippen molar-refractivity contribution < 1.29 is 9.59 Å². The molecule has 2 amide bonds. The largest absolute Gasteiger partial charge is 0.355 e. The van der Waals surface area contributed by atoms with Crippen LogP contribution in [0.15, 0.2) is 24.3 Å². The van der Waals surface area contributed by atoms with Gasteiger partial charge in [0, 0.05) is 13.0 Å². The van der Waals surface area contributed by atoms with Crippen molar-refractivity contribution in [2.45, 2.75) is 12.8 Å². The van der Waals surface area contributed by atoms with Crippen LogP contribution in [-0.4, -0.2) is 23.3 Å². The molecule has 19 heavy (non-hydrogen) atoms. The molecule has 6 heteroatoms. The lowest BCUT2D eigenvalue weighted by atomic mass is 9.98. The molecular formula is C13H13N3O2S. The fraction of sp³-hybridized carbons (Fsp3) is 0.308. The van der Waals surface area contributed by atoms with Crippen LogP contribution in [0, 0.1) is 5.92 Å². The molecule has 1 aromatic carbocycles. The Morgan fingerprint density at radius 2 is 2.26 bits per heavy atom. The number of piperidine rings is 1. The van der Waals surface area contributed by atoms with E-state index in [0.29, 0.717) is 24.5 Å². The molecule has 0 bridgehead atoms. The van der Waals surface area contributed by atoms with Gasteiger partial charge >= 0.3 is 0 Å². The standard InChI is InChI=1S/C13H13N3O2S/c17-11-6-5-8(7-14-11)12(18)16-13-15-9-3-1-2-4-10(9)19-13/h1-4,8H,5-7H2,(H,14,17)(H,15,16,18)/t8-/m0/s1. The summed E-state index contributed by atoms with van der Waals surface area (Å²) in [6.07, 6.45) is 1.01. The van der Waals surface area contributed by atoms with Crippen LogP contribution in [0.2, 0.25) is 0 Å². The highest BCUT2D eigenvalue weighted by atomic mass is 32.1. The molecule has 98 valence electrons. The van der Waals surface area contributed by atoms with Crippen molar-refractivity contribution in [1.82, 2.24) is 10.3 Å². The summed E-state index contributed by atoms with van der Waals surface area (Å²) < 4.78 is 1.05. The average Bonchev–Trinajstić information content (AvgIpc) is 2.81. The summed E-state index contributed by atoms with van der Waals surface area (Å²) in [5.74, 6) is -0.215. The predicted molar refractivity (Wildman–Crippen MR) is 74.0 cm³/mol. The summed E-state index contributed by atoms with van der Waals surface area (Å²) in [6.45, 7) is 0.412. The van der Waals surface area contributed by atoms with Crippen molar-refractivity contribution in [3.8, 4) is 0 Å². The lowest BCUT2D eigenvalue weighted by Gasteiger charge is -2.20. The molecule has 3 rings (SSSR count). The first-order valence-corrected chi connectivity index (χ1v) is 6.97. The number of carbonyl (C=O) groups is 2. The first-order chi connectivity index (χ1) is 9.22. The second-order valence-corrected chi connectivity index (χ2v) is 5.55. The van der Waals surface area contributed by atoms with Crippen molar-refractivity contribution in [3.05, 3.63) is 24.3 Å². The van der Waals surface area contributed by atoms with Gasteiger partial charge in [-0.05, 0) is 18.6 Å². The van der Waals surface area contributed by atoms with Crippen molar-refractivity contribution in [2.75, 3.05) is 11.9 Å². The monoisotopic (exact) mass is 275 g/mol. The third-order valence-corrected chi connectivity index (χ3v) is 4.11. The van der Waals surface area contributed by atoms with Gasteiger partial charge in [-0.1, -0.05) is 23.5 Å². The second kappa shape index (κ2) is 4.97. The summed E-state index contributed by atoms with van der Waals surface area (Å²) in [5.41, 5.74) is 0.889. The van der Waals surface area contributed by atoms with E-state index in [1.165, 1.54) is 11.3 Å². The maximum Gasteiger partial charge on any atom is 0.231 e. The van der Waals surface area contributed by atoms with E-state index in [1.54, 1.807) is 0 Å². The lowest BCUT2D eigenvalue weighted by molar-refractivity contribution is -0.126. The highest BCUT2D eigenvalue weighted by molar-refractivity contribution is 7.22. The molecule has 0 radical (unpaired) electrons. The number of hydrogen-bond donors (Lipinski definition) is 2. The zero-order valence-corrected chi connectivity index (χ0v) is 11.0. The van der Waals surface area contributed by atoms with Crippen LogP contribution in [0.1, 0.15) is 12.8 Å². The number of nitrogens with zero attached hydrogens (tertiary/aromatic N) is 1. The maximum absolute atomic E-state index is 12.1. The van der Waals surface area contributed by atoms with Crippen molar-refractivity contribution in [2.24, 2.45) is 5.92 Å². The van der Waals surface area contributed by atoms with Gasteiger partial charge in [0.15, 0.2) is 5.13 Å². The molecule has 1 aliphatic rings. The van der Waals surface area contributed by atoms with Crippen LogP contribution in [0.5, 0.6) is 0 Å². The van der Waals surface area contributed by atoms with Crippen LogP contribution in [0.4, 0.5) is 5.13 Å². The molecule has 1 aromatic heterocycles. The molecule has 2 N–H and O–H groups in total. The molecule has 5 nitrogen and oxygen atoms in total. The molecule has 2 aromatic rings. The SMILES string of the molecule is O=C1CC[C@H](C(=O)Nc2nc3ccccc3s2)CN1. The van der Waals surface area contributed by atoms with Crippen LogP contribution in [0.25, 0.3) is 10.2 Å². The number of rotatable bonds is 2. The number of thiazole rings is 1. The molecule has 2 heterocycles. The topological polar surface area (TPSA) is 71.1 Å². The van der Waals surface area contributed by atoms with E-state index in [1.807, 2.05) is 24.3 Å². The molecule has 1 aliphatic heterocycles. The Morgan fingerprint density at radius 3 is 3.00 bits per heavy atom. The van der Waals surface area contributed by atoms with Gasteiger partial charge in [0.25, 0.3) is 0 Å². The summed E-state index contributed by atoms with van der Waals surface area (Å²) in [6, 6.07) is 7.76. The van der Waals surface area contributed by atoms with Gasteiger partial charge in [-0.3, -0.25) is 9.59 Å². The quantitative estimate of drug-likeness (QED) is 0.877. The summed E-state index contributed by atoms with van der Waals surface area (Å²) in [5, 5.41) is 6.16. The van der Waals surface area contributed by atoms with Crippen LogP contribution in [0.3, 0.4) is 0 Å². The minimum absolute atomic E-state index is 0.0176. The Hall–Kier alpha value is -1.95. The van der Waals surface area contributed by atoms with Crippen molar-refractivity contribution >= 4 is 38.5 Å². The van der Waals surface area contributed by atoms with E-state index in [4.69, 9.17) is 0 Å². The normalized spacial score (nSPS) is 19.2. The first kappa shape index (κ1) is 12.1. The molecule has 1 fully saturated rings. The van der Waals surface area contributed by atoms with Gasteiger partial charge in [-0.2, -0.15) is 0 Å².